The van der Waals surface area contributed by atoms with Gasteiger partial charge in [-0.2, -0.15) is 0 Å². The van der Waals surface area contributed by atoms with E-state index < -0.39 is 0 Å². The van der Waals surface area contributed by atoms with Crippen molar-refractivity contribution in [3.8, 4) is 11.4 Å². The maximum atomic E-state index is 4.19. The Hall–Kier alpha value is -0.237. The van der Waals surface area contributed by atoms with Crippen molar-refractivity contribution in [2.75, 3.05) is 0 Å². The Balaban J connectivity index is 0. The van der Waals surface area contributed by atoms with Crippen LogP contribution < -0.4 is 24.8 Å². The summed E-state index contributed by atoms with van der Waals surface area (Å²) in [5.74, 6) is 0. The van der Waals surface area contributed by atoms with E-state index in [0.717, 1.165) is 11.4 Å². The van der Waals surface area contributed by atoms with Crippen LogP contribution >= 0.6 is 0 Å². The van der Waals surface area contributed by atoms with E-state index in [1.165, 1.54) is 0 Å². The molecular formula is C10H9BiCl2N2. The van der Waals surface area contributed by atoms with Gasteiger partial charge in [0.1, 0.15) is 0 Å². The monoisotopic (exact) mass is 436 g/mol. The first-order valence-corrected chi connectivity index (χ1v) is 3.79. The fourth-order valence-corrected chi connectivity index (χ4v) is 1.03. The van der Waals surface area contributed by atoms with Crippen molar-refractivity contribution < 1.29 is 24.8 Å². The Kier molecular flexibility index (Phi) is 10.3. The minimum atomic E-state index is 0. The van der Waals surface area contributed by atoms with Crippen molar-refractivity contribution in [1.29, 1.82) is 0 Å². The van der Waals surface area contributed by atoms with Crippen LogP contribution in [0.25, 0.3) is 11.4 Å². The molecule has 0 aliphatic heterocycles. The molecule has 15 heavy (non-hydrogen) atoms. The van der Waals surface area contributed by atoms with Crippen LogP contribution in [0.2, 0.25) is 0 Å². The van der Waals surface area contributed by atoms with Gasteiger partial charge >= 0.3 is 26.2 Å². The first-order valence-electron chi connectivity index (χ1n) is 3.79. The normalized spacial score (nSPS) is 7.73. The first kappa shape index (κ1) is 17.2. The Bertz CT molecular complexity index is 319. The van der Waals surface area contributed by atoms with Crippen LogP contribution in [0.4, 0.5) is 0 Å². The molecule has 0 saturated heterocycles. The fraction of sp³-hybridized carbons (Fsp3) is 0. The smallest absolute Gasteiger partial charge is 0.0886 e. The summed E-state index contributed by atoms with van der Waals surface area (Å²) >= 11 is 0. The minimum absolute atomic E-state index is 0. The molecule has 2 heterocycles. The van der Waals surface area contributed by atoms with E-state index in [1.807, 2.05) is 36.4 Å². The molecule has 2 aromatic heterocycles. The number of pyridine rings is 2. The van der Waals surface area contributed by atoms with Crippen molar-refractivity contribution in [3.63, 3.8) is 0 Å². The SMILES string of the molecule is [BiH+2].[Cl-].[Cl-].c1ccc(-c2ccccn2)nc1. The van der Waals surface area contributed by atoms with Crippen molar-refractivity contribution >= 4 is 26.2 Å². The molecule has 0 aromatic carbocycles. The van der Waals surface area contributed by atoms with Gasteiger partial charge in [-0.3, -0.25) is 9.97 Å². The number of halogens is 2. The van der Waals surface area contributed by atoms with Gasteiger partial charge in [-0.25, -0.2) is 0 Å². The third-order valence-corrected chi connectivity index (χ3v) is 1.59. The molecule has 0 fully saturated rings. The maximum absolute atomic E-state index is 4.19. The molecule has 0 amide bonds. The third kappa shape index (κ3) is 4.88. The van der Waals surface area contributed by atoms with Crippen LogP contribution in [0.15, 0.2) is 48.8 Å². The molecule has 0 aliphatic rings. The second-order valence-electron chi connectivity index (χ2n) is 2.43. The first-order chi connectivity index (χ1) is 5.97. The average Bonchev–Trinajstić information content (AvgIpc) is 2.21. The summed E-state index contributed by atoms with van der Waals surface area (Å²) in [5, 5.41) is 0. The number of rotatable bonds is 1. The van der Waals surface area contributed by atoms with Crippen molar-refractivity contribution in [2.45, 2.75) is 0 Å². The molecule has 0 spiro atoms. The number of nitrogens with zero attached hydrogens (tertiary/aromatic N) is 2. The Morgan fingerprint density at radius 3 is 1.33 bits per heavy atom. The van der Waals surface area contributed by atoms with Gasteiger partial charge in [-0.05, 0) is 24.3 Å². The van der Waals surface area contributed by atoms with Gasteiger partial charge in [0.2, 0.25) is 0 Å². The quantitative estimate of drug-likeness (QED) is 0.421. The zero-order valence-electron chi connectivity index (χ0n) is 7.77. The summed E-state index contributed by atoms with van der Waals surface area (Å²) in [4.78, 5) is 8.37. The summed E-state index contributed by atoms with van der Waals surface area (Å²) < 4.78 is 0. The molecule has 0 bridgehead atoms. The van der Waals surface area contributed by atoms with Crippen LogP contribution in [0, 0.1) is 0 Å². The molecule has 0 aliphatic carbocycles. The predicted octanol–water partition coefficient (Wildman–Crippen LogP) is -4.50. The van der Waals surface area contributed by atoms with Crippen LogP contribution in [0.1, 0.15) is 0 Å². The fourth-order valence-electron chi connectivity index (χ4n) is 1.03. The minimum Gasteiger partial charge on any atom is -1.00 e. The Morgan fingerprint density at radius 2 is 1.07 bits per heavy atom. The molecular weight excluding hydrogens is 428 g/mol. The second-order valence-corrected chi connectivity index (χ2v) is 2.43. The standard InChI is InChI=1S/C10H8N2.Bi.2ClH.H/c1-3-7-11-9(5-1)10-6-2-4-8-12-10;;;;/h1-8H;;2*1H;/q;+2;;;/p-2. The van der Waals surface area contributed by atoms with E-state index in [1.54, 1.807) is 12.4 Å². The topological polar surface area (TPSA) is 25.8 Å². The Morgan fingerprint density at radius 1 is 0.667 bits per heavy atom. The number of aromatic nitrogens is 2. The molecule has 5 heteroatoms. The van der Waals surface area contributed by atoms with E-state index in [2.05, 4.69) is 9.97 Å². The van der Waals surface area contributed by atoms with Gasteiger partial charge in [-0.1, -0.05) is 12.1 Å². The van der Waals surface area contributed by atoms with E-state index >= 15 is 0 Å². The van der Waals surface area contributed by atoms with Crippen LogP contribution in [0.3, 0.4) is 0 Å². The Labute approximate surface area is 120 Å². The van der Waals surface area contributed by atoms with Gasteiger partial charge in [0.05, 0.1) is 11.4 Å². The average molecular weight is 437 g/mol. The molecule has 0 N–H and O–H groups in total. The zero-order valence-corrected chi connectivity index (χ0v) is 13.2. The van der Waals surface area contributed by atoms with Gasteiger partial charge < -0.3 is 24.8 Å². The van der Waals surface area contributed by atoms with Gasteiger partial charge in [0, 0.05) is 12.4 Å². The summed E-state index contributed by atoms with van der Waals surface area (Å²) in [6.07, 6.45) is 3.54. The largest absolute Gasteiger partial charge is 1.00 e. The summed E-state index contributed by atoms with van der Waals surface area (Å²) in [6.45, 7) is 0. The van der Waals surface area contributed by atoms with E-state index in [-0.39, 0.29) is 51.0 Å². The second kappa shape index (κ2) is 9.02. The molecule has 2 nitrogen and oxygen atoms in total. The van der Waals surface area contributed by atoms with E-state index in [9.17, 15) is 0 Å². The maximum Gasteiger partial charge on any atom is 0.0886 e. The number of hydrogen-bond donors (Lipinski definition) is 0. The zero-order chi connectivity index (χ0) is 8.23. The van der Waals surface area contributed by atoms with Crippen LogP contribution in [0.5, 0.6) is 0 Å². The van der Waals surface area contributed by atoms with Crippen molar-refractivity contribution in [1.82, 2.24) is 9.97 Å². The van der Waals surface area contributed by atoms with Crippen molar-refractivity contribution in [2.24, 2.45) is 0 Å². The predicted molar refractivity (Wildman–Crippen MR) is 54.6 cm³/mol. The van der Waals surface area contributed by atoms with Crippen LogP contribution in [-0.2, 0) is 0 Å². The van der Waals surface area contributed by atoms with Gasteiger partial charge in [0.15, 0.2) is 0 Å². The molecule has 2 aromatic rings. The third-order valence-electron chi connectivity index (χ3n) is 1.59. The van der Waals surface area contributed by atoms with Crippen molar-refractivity contribution in [3.05, 3.63) is 48.8 Å². The summed E-state index contributed by atoms with van der Waals surface area (Å²) in [5.41, 5.74) is 1.83. The molecule has 0 unspecified atom stereocenters. The summed E-state index contributed by atoms with van der Waals surface area (Å²) in [7, 11) is 0. The van der Waals surface area contributed by atoms with Gasteiger partial charge in [0.25, 0.3) is 0 Å². The molecule has 0 saturated carbocycles. The molecule has 2 rings (SSSR count). The molecule has 0 atom stereocenters. The van der Waals surface area contributed by atoms with E-state index in [0.29, 0.717) is 0 Å². The molecule has 78 valence electrons. The van der Waals surface area contributed by atoms with Gasteiger partial charge in [-0.15, -0.1) is 0 Å². The number of hydrogen-bond acceptors (Lipinski definition) is 2. The van der Waals surface area contributed by atoms with E-state index in [4.69, 9.17) is 0 Å². The molecule has 2 radical (unpaired) electrons. The van der Waals surface area contributed by atoms with Crippen LogP contribution in [-0.4, -0.2) is 36.2 Å². The summed E-state index contributed by atoms with van der Waals surface area (Å²) in [6, 6.07) is 11.6.